The van der Waals surface area contributed by atoms with Gasteiger partial charge in [-0.3, -0.25) is 14.0 Å². The molecule has 0 aliphatic carbocycles. The van der Waals surface area contributed by atoms with E-state index in [-0.39, 0.29) is 24.6 Å². The number of carbonyl (C=O) groups excluding carboxylic acids is 1. The second-order valence-electron chi connectivity index (χ2n) is 5.53. The molecule has 0 bridgehead atoms. The van der Waals surface area contributed by atoms with Gasteiger partial charge in [0.2, 0.25) is 0 Å². The average molecular weight is 326 g/mol. The maximum atomic E-state index is 12.4. The zero-order valence-electron chi connectivity index (χ0n) is 13.2. The summed E-state index contributed by atoms with van der Waals surface area (Å²) in [7, 11) is 0. The van der Waals surface area contributed by atoms with Crippen LogP contribution in [0.25, 0.3) is 5.65 Å². The quantitative estimate of drug-likeness (QED) is 0.718. The van der Waals surface area contributed by atoms with Gasteiger partial charge in [0.15, 0.2) is 0 Å². The number of hydrogen-bond donors (Lipinski definition) is 2. The maximum Gasteiger partial charge on any atom is 0.270 e. The molecule has 3 rings (SSSR count). The molecule has 7 nitrogen and oxygen atoms in total. The lowest BCUT2D eigenvalue weighted by molar-refractivity contribution is 0.0897. The zero-order chi connectivity index (χ0) is 17.1. The van der Waals surface area contributed by atoms with Crippen molar-refractivity contribution in [1.82, 2.24) is 19.3 Å². The number of amides is 1. The van der Waals surface area contributed by atoms with Gasteiger partial charge in [-0.25, -0.2) is 4.98 Å². The van der Waals surface area contributed by atoms with Gasteiger partial charge < -0.3 is 15.0 Å². The predicted molar refractivity (Wildman–Crippen MR) is 89.0 cm³/mol. The normalized spacial score (nSPS) is 12.2. The summed E-state index contributed by atoms with van der Waals surface area (Å²) in [6.07, 6.45) is 2.50. The second kappa shape index (κ2) is 6.67. The third-order valence-corrected chi connectivity index (χ3v) is 3.72. The summed E-state index contributed by atoms with van der Waals surface area (Å²) in [5, 5.41) is 12.8. The molecule has 3 aromatic heterocycles. The molecule has 0 saturated carbocycles. The molecule has 124 valence electrons. The van der Waals surface area contributed by atoms with Crippen molar-refractivity contribution in [3.05, 3.63) is 70.5 Å². The standard InChI is InChI=1S/C17H18N4O3/c1-12-16(21-9-5-2-6-14(21)19-12)17(24)18-10-13(22)11-20-8-4-3-7-15(20)23/h2-9,13,22H,10-11H2,1H3,(H,18,24). The van der Waals surface area contributed by atoms with Gasteiger partial charge in [0, 0.05) is 25.0 Å². The van der Waals surface area contributed by atoms with Crippen LogP contribution in [0.15, 0.2) is 53.6 Å². The molecule has 3 aromatic rings. The lowest BCUT2D eigenvalue weighted by Gasteiger charge is -2.13. The van der Waals surface area contributed by atoms with Gasteiger partial charge in [0.25, 0.3) is 11.5 Å². The number of fused-ring (bicyclic) bond motifs is 1. The zero-order valence-corrected chi connectivity index (χ0v) is 13.2. The number of rotatable bonds is 5. The number of aryl methyl sites for hydroxylation is 1. The van der Waals surface area contributed by atoms with Crippen molar-refractivity contribution in [3.63, 3.8) is 0 Å². The van der Waals surface area contributed by atoms with Gasteiger partial charge in [-0.15, -0.1) is 0 Å². The first-order chi connectivity index (χ1) is 11.6. The van der Waals surface area contributed by atoms with Crippen LogP contribution < -0.4 is 10.9 Å². The summed E-state index contributed by atoms with van der Waals surface area (Å²) in [5.74, 6) is -0.314. The molecule has 7 heteroatoms. The minimum Gasteiger partial charge on any atom is -0.389 e. The number of pyridine rings is 2. The van der Waals surface area contributed by atoms with E-state index in [1.54, 1.807) is 35.9 Å². The molecule has 0 saturated heterocycles. The summed E-state index contributed by atoms with van der Waals surface area (Å²) in [6, 6.07) is 10.3. The van der Waals surface area contributed by atoms with E-state index in [1.165, 1.54) is 10.6 Å². The van der Waals surface area contributed by atoms with E-state index in [4.69, 9.17) is 0 Å². The van der Waals surface area contributed by atoms with E-state index < -0.39 is 6.10 Å². The highest BCUT2D eigenvalue weighted by Gasteiger charge is 2.17. The molecule has 2 N–H and O–H groups in total. The molecule has 1 atom stereocenters. The first-order valence-electron chi connectivity index (χ1n) is 7.61. The van der Waals surface area contributed by atoms with Crippen molar-refractivity contribution in [2.45, 2.75) is 19.6 Å². The number of nitrogens with zero attached hydrogens (tertiary/aromatic N) is 3. The third-order valence-electron chi connectivity index (χ3n) is 3.72. The summed E-state index contributed by atoms with van der Waals surface area (Å²) < 4.78 is 3.11. The highest BCUT2D eigenvalue weighted by Crippen LogP contribution is 2.11. The fourth-order valence-corrected chi connectivity index (χ4v) is 2.58. The summed E-state index contributed by atoms with van der Waals surface area (Å²) in [5.41, 5.74) is 1.55. The lowest BCUT2D eigenvalue weighted by Crippen LogP contribution is -2.37. The number of aromatic nitrogens is 3. The van der Waals surface area contributed by atoms with Crippen LogP contribution in [0.3, 0.4) is 0 Å². The van der Waals surface area contributed by atoms with Gasteiger partial charge in [-0.1, -0.05) is 12.1 Å². The first-order valence-corrected chi connectivity index (χ1v) is 7.61. The van der Waals surface area contributed by atoms with Gasteiger partial charge >= 0.3 is 0 Å². The molecule has 24 heavy (non-hydrogen) atoms. The minimum atomic E-state index is -0.867. The third kappa shape index (κ3) is 3.21. The largest absolute Gasteiger partial charge is 0.389 e. The van der Waals surface area contributed by atoms with Crippen LogP contribution in [0.1, 0.15) is 16.2 Å². The Morgan fingerprint density at radius 3 is 2.79 bits per heavy atom. The lowest BCUT2D eigenvalue weighted by atomic mass is 10.3. The molecular weight excluding hydrogens is 308 g/mol. The average Bonchev–Trinajstić information content (AvgIpc) is 2.90. The Labute approximate surface area is 138 Å². The van der Waals surface area contributed by atoms with Crippen LogP contribution in [0.5, 0.6) is 0 Å². The van der Waals surface area contributed by atoms with Gasteiger partial charge in [0.05, 0.1) is 18.3 Å². The van der Waals surface area contributed by atoms with E-state index in [0.717, 1.165) is 0 Å². The maximum absolute atomic E-state index is 12.4. The Morgan fingerprint density at radius 2 is 2.00 bits per heavy atom. The molecule has 3 heterocycles. The molecule has 0 radical (unpaired) electrons. The van der Waals surface area contributed by atoms with E-state index in [0.29, 0.717) is 17.0 Å². The highest BCUT2D eigenvalue weighted by molar-refractivity contribution is 5.94. The molecule has 1 amide bonds. The number of hydrogen-bond acceptors (Lipinski definition) is 4. The van der Waals surface area contributed by atoms with Crippen molar-refractivity contribution in [3.8, 4) is 0 Å². The van der Waals surface area contributed by atoms with Crippen LogP contribution in [0.4, 0.5) is 0 Å². The first kappa shape index (κ1) is 15.9. The molecule has 1 unspecified atom stereocenters. The SMILES string of the molecule is Cc1nc2ccccn2c1C(=O)NCC(O)Cn1ccccc1=O. The summed E-state index contributed by atoms with van der Waals surface area (Å²) in [6.45, 7) is 1.92. The number of nitrogens with one attached hydrogen (secondary N) is 1. The number of imidazole rings is 1. The molecule has 0 spiro atoms. The van der Waals surface area contributed by atoms with E-state index in [9.17, 15) is 14.7 Å². The monoisotopic (exact) mass is 326 g/mol. The Kier molecular flexibility index (Phi) is 4.43. The number of carbonyl (C=O) groups is 1. The van der Waals surface area contributed by atoms with E-state index in [1.807, 2.05) is 18.2 Å². The fourth-order valence-electron chi connectivity index (χ4n) is 2.58. The van der Waals surface area contributed by atoms with Crippen LogP contribution in [-0.4, -0.2) is 37.6 Å². The molecule has 0 fully saturated rings. The summed E-state index contributed by atoms with van der Waals surface area (Å²) in [4.78, 5) is 28.4. The van der Waals surface area contributed by atoms with Crippen LogP contribution >= 0.6 is 0 Å². The van der Waals surface area contributed by atoms with E-state index >= 15 is 0 Å². The van der Waals surface area contributed by atoms with Gasteiger partial charge in [-0.2, -0.15) is 0 Å². The number of aliphatic hydroxyl groups is 1. The van der Waals surface area contributed by atoms with Crippen LogP contribution in [0, 0.1) is 6.92 Å². The molecule has 0 aliphatic rings. The van der Waals surface area contributed by atoms with Crippen LogP contribution in [-0.2, 0) is 6.54 Å². The highest BCUT2D eigenvalue weighted by atomic mass is 16.3. The van der Waals surface area contributed by atoms with Crippen molar-refractivity contribution in [2.75, 3.05) is 6.54 Å². The van der Waals surface area contributed by atoms with Gasteiger partial charge in [-0.05, 0) is 25.1 Å². The van der Waals surface area contributed by atoms with Crippen molar-refractivity contribution < 1.29 is 9.90 Å². The Hall–Kier alpha value is -2.93. The van der Waals surface area contributed by atoms with Gasteiger partial charge in [0.1, 0.15) is 11.3 Å². The smallest absolute Gasteiger partial charge is 0.270 e. The Morgan fingerprint density at radius 1 is 1.25 bits per heavy atom. The molecule has 0 aromatic carbocycles. The predicted octanol–water partition coefficient (Wildman–Crippen LogP) is 0.595. The molecular formula is C17H18N4O3. The minimum absolute atomic E-state index is 0.0413. The van der Waals surface area contributed by atoms with Crippen molar-refractivity contribution in [2.24, 2.45) is 0 Å². The Balaban J connectivity index is 1.68. The van der Waals surface area contributed by atoms with Crippen LogP contribution in [0.2, 0.25) is 0 Å². The topological polar surface area (TPSA) is 88.6 Å². The second-order valence-corrected chi connectivity index (χ2v) is 5.53. The fraction of sp³-hybridized carbons (Fsp3) is 0.235. The van der Waals surface area contributed by atoms with Crippen molar-refractivity contribution in [1.29, 1.82) is 0 Å². The van der Waals surface area contributed by atoms with Crippen molar-refractivity contribution >= 4 is 11.6 Å². The number of aliphatic hydroxyl groups excluding tert-OH is 1. The molecule has 0 aliphatic heterocycles. The Bertz CT molecular complexity index is 929. The van der Waals surface area contributed by atoms with E-state index in [2.05, 4.69) is 10.3 Å². The summed E-state index contributed by atoms with van der Waals surface area (Å²) >= 11 is 0.